The fourth-order valence-corrected chi connectivity index (χ4v) is 2.49. The van der Waals surface area contributed by atoms with E-state index < -0.39 is 5.97 Å². The second-order valence-corrected chi connectivity index (χ2v) is 5.76. The molecule has 136 valence electrons. The fraction of sp³-hybridized carbons (Fsp3) is 0.400. The van der Waals surface area contributed by atoms with E-state index in [-0.39, 0.29) is 18.5 Å². The summed E-state index contributed by atoms with van der Waals surface area (Å²) in [7, 11) is 0. The van der Waals surface area contributed by atoms with Crippen LogP contribution in [-0.2, 0) is 0 Å². The lowest BCUT2D eigenvalue weighted by molar-refractivity contribution is 0.0656. The Hall–Kier alpha value is -2.36. The largest absolute Gasteiger partial charge is 0.474 e. The van der Waals surface area contributed by atoms with E-state index in [2.05, 4.69) is 9.88 Å². The molecule has 3 rings (SSSR count). The number of hydrogen-bond donors (Lipinski definition) is 3. The van der Waals surface area contributed by atoms with Crippen LogP contribution in [0.25, 0.3) is 11.1 Å². The van der Waals surface area contributed by atoms with Crippen LogP contribution in [0.4, 0.5) is 4.79 Å². The molecule has 1 aliphatic rings. The van der Waals surface area contributed by atoms with Crippen LogP contribution in [0.5, 0.6) is 0 Å². The van der Waals surface area contributed by atoms with Crippen molar-refractivity contribution in [2.75, 3.05) is 39.3 Å². The van der Waals surface area contributed by atoms with E-state index in [9.17, 15) is 9.59 Å². The van der Waals surface area contributed by atoms with Crippen molar-refractivity contribution in [1.82, 2.24) is 14.8 Å². The molecule has 0 atom stereocenters. The number of aliphatic hydroxyl groups excluding tert-OH is 1. The topological polar surface area (TPSA) is 133 Å². The number of aliphatic hydroxyl groups is 1. The summed E-state index contributed by atoms with van der Waals surface area (Å²) in [6.45, 7) is 3.83. The number of carbonyl (C=O) groups excluding carboxylic acids is 1. The Morgan fingerprint density at radius 3 is 2.52 bits per heavy atom. The summed E-state index contributed by atoms with van der Waals surface area (Å²) < 4.78 is 4.92. The zero-order valence-electron chi connectivity index (χ0n) is 13.4. The van der Waals surface area contributed by atoms with Crippen LogP contribution in [0.1, 0.15) is 10.7 Å². The molecule has 4 N–H and O–H groups in total. The van der Waals surface area contributed by atoms with Crippen molar-refractivity contribution < 1.29 is 24.2 Å². The summed E-state index contributed by atoms with van der Waals surface area (Å²) in [6, 6.07) is 4.39. The van der Waals surface area contributed by atoms with E-state index in [4.69, 9.17) is 32.0 Å². The number of nitrogens with zero attached hydrogens (tertiary/aromatic N) is 3. The number of halogens is 1. The highest BCUT2D eigenvalue weighted by Crippen LogP contribution is 2.19. The lowest BCUT2D eigenvalue weighted by Crippen LogP contribution is -2.50. The Morgan fingerprint density at radius 2 is 1.96 bits per heavy atom. The summed E-state index contributed by atoms with van der Waals surface area (Å²) in [5.41, 5.74) is 5.97. The lowest BCUT2D eigenvalue weighted by Gasteiger charge is -2.33. The highest BCUT2D eigenvalue weighted by atomic mass is 35.5. The molecule has 1 saturated heterocycles. The Labute approximate surface area is 148 Å². The van der Waals surface area contributed by atoms with Gasteiger partial charge < -0.3 is 25.3 Å². The third-order valence-electron chi connectivity index (χ3n) is 3.63. The number of hydrogen-bond acceptors (Lipinski definition) is 6. The Kier molecular flexibility index (Phi) is 6.57. The molecule has 1 fully saturated rings. The van der Waals surface area contributed by atoms with Gasteiger partial charge in [-0.3, -0.25) is 4.90 Å². The maximum absolute atomic E-state index is 10.7. The van der Waals surface area contributed by atoms with Crippen LogP contribution in [0, 0.1) is 0 Å². The molecule has 25 heavy (non-hydrogen) atoms. The normalized spacial score (nSPS) is 14.9. The van der Waals surface area contributed by atoms with Crippen LogP contribution < -0.4 is 5.73 Å². The standard InChI is InChI=1S/C8H4ClNO3.C7H15N3O2/c9-4-1-2-6-5(3-4)10-7(13-6)8(11)12;8-7(12)10-3-1-9(2-4-10)5-6-11/h1-3H,(H,11,12);11H,1-6H2,(H2,8,12). The molecule has 1 aromatic carbocycles. The summed E-state index contributed by atoms with van der Waals surface area (Å²) in [5.74, 6) is -1.51. The third kappa shape index (κ3) is 5.31. The predicted molar refractivity (Wildman–Crippen MR) is 90.7 cm³/mol. The maximum Gasteiger partial charge on any atom is 0.392 e. The second-order valence-electron chi connectivity index (χ2n) is 5.33. The maximum atomic E-state index is 10.7. The molecular formula is C15H19ClN4O5. The zero-order valence-corrected chi connectivity index (χ0v) is 14.1. The fourth-order valence-electron chi connectivity index (χ4n) is 2.33. The van der Waals surface area contributed by atoms with Gasteiger partial charge in [0, 0.05) is 37.7 Å². The number of nitrogens with two attached hydrogens (primary N) is 1. The van der Waals surface area contributed by atoms with Crippen LogP contribution in [0.3, 0.4) is 0 Å². The van der Waals surface area contributed by atoms with E-state index in [1.807, 2.05) is 0 Å². The van der Waals surface area contributed by atoms with Gasteiger partial charge in [-0.05, 0) is 18.2 Å². The molecule has 0 radical (unpaired) electrons. The first kappa shape index (κ1) is 19.0. The number of fused-ring (bicyclic) bond motifs is 1. The van der Waals surface area contributed by atoms with Crippen LogP contribution in [0.2, 0.25) is 5.02 Å². The molecule has 2 heterocycles. The number of β-amino-alcohol motifs (C(OH)–C–C–N with tert-alkyl or cyclic N) is 1. The van der Waals surface area contributed by atoms with E-state index in [0.717, 1.165) is 13.1 Å². The minimum absolute atomic E-state index is 0.177. The number of urea groups is 1. The minimum Gasteiger partial charge on any atom is -0.474 e. The van der Waals surface area contributed by atoms with E-state index in [1.165, 1.54) is 0 Å². The average molecular weight is 371 g/mol. The molecule has 0 bridgehead atoms. The van der Waals surface area contributed by atoms with Crippen LogP contribution in [0.15, 0.2) is 22.6 Å². The first-order valence-electron chi connectivity index (χ1n) is 7.57. The number of oxazole rings is 1. The number of amides is 2. The van der Waals surface area contributed by atoms with Gasteiger partial charge in [-0.15, -0.1) is 0 Å². The van der Waals surface area contributed by atoms with Gasteiger partial charge in [-0.2, -0.15) is 0 Å². The second kappa shape index (κ2) is 8.65. The number of carbonyl (C=O) groups is 2. The molecule has 0 unspecified atom stereocenters. The molecule has 0 saturated carbocycles. The quantitative estimate of drug-likeness (QED) is 0.729. The number of aromatic carboxylic acids is 1. The molecule has 0 aliphatic carbocycles. The Balaban J connectivity index is 0.000000181. The average Bonchev–Trinajstić information content (AvgIpc) is 3.00. The Morgan fingerprint density at radius 1 is 1.28 bits per heavy atom. The number of primary amides is 1. The molecular weight excluding hydrogens is 352 g/mol. The van der Waals surface area contributed by atoms with Crippen molar-refractivity contribution in [1.29, 1.82) is 0 Å². The number of carboxylic acid groups (broad SMARTS) is 1. The summed E-state index contributed by atoms with van der Waals surface area (Å²) in [5, 5.41) is 17.7. The molecule has 1 aliphatic heterocycles. The van der Waals surface area contributed by atoms with Crippen molar-refractivity contribution in [2.45, 2.75) is 0 Å². The van der Waals surface area contributed by atoms with Crippen molar-refractivity contribution in [3.63, 3.8) is 0 Å². The number of benzene rings is 1. The highest BCUT2D eigenvalue weighted by Gasteiger charge is 2.18. The highest BCUT2D eigenvalue weighted by molar-refractivity contribution is 6.31. The van der Waals surface area contributed by atoms with E-state index in [1.54, 1.807) is 23.1 Å². The Bertz CT molecular complexity index is 743. The van der Waals surface area contributed by atoms with Crippen LogP contribution >= 0.6 is 11.6 Å². The first-order chi connectivity index (χ1) is 11.9. The van der Waals surface area contributed by atoms with Crippen molar-refractivity contribution in [2.24, 2.45) is 5.73 Å². The zero-order chi connectivity index (χ0) is 18.4. The summed E-state index contributed by atoms with van der Waals surface area (Å²) in [6.07, 6.45) is 0. The van der Waals surface area contributed by atoms with Crippen molar-refractivity contribution >= 4 is 34.7 Å². The summed E-state index contributed by atoms with van der Waals surface area (Å²) >= 11 is 5.68. The number of piperazine rings is 1. The van der Waals surface area contributed by atoms with Crippen molar-refractivity contribution in [3.8, 4) is 0 Å². The first-order valence-corrected chi connectivity index (χ1v) is 7.95. The van der Waals surface area contributed by atoms with E-state index >= 15 is 0 Å². The van der Waals surface area contributed by atoms with Gasteiger partial charge in [-0.25, -0.2) is 14.6 Å². The van der Waals surface area contributed by atoms with E-state index in [0.29, 0.717) is 35.8 Å². The SMILES string of the molecule is NC(=O)N1CCN(CCO)CC1.O=C(O)c1nc2cc(Cl)ccc2o1. The lowest BCUT2D eigenvalue weighted by atomic mass is 10.3. The number of aromatic nitrogens is 1. The smallest absolute Gasteiger partial charge is 0.392 e. The molecule has 0 spiro atoms. The third-order valence-corrected chi connectivity index (χ3v) is 3.87. The molecule has 9 nitrogen and oxygen atoms in total. The van der Waals surface area contributed by atoms with Crippen molar-refractivity contribution in [3.05, 3.63) is 29.1 Å². The van der Waals surface area contributed by atoms with Gasteiger partial charge in [0.05, 0.1) is 6.61 Å². The summed E-state index contributed by atoms with van der Waals surface area (Å²) in [4.78, 5) is 28.6. The monoisotopic (exact) mass is 370 g/mol. The van der Waals surface area contributed by atoms with Gasteiger partial charge in [0.2, 0.25) is 0 Å². The van der Waals surface area contributed by atoms with Gasteiger partial charge in [0.15, 0.2) is 5.58 Å². The van der Waals surface area contributed by atoms with Gasteiger partial charge in [0.25, 0.3) is 0 Å². The number of carboxylic acids is 1. The van der Waals surface area contributed by atoms with Gasteiger partial charge in [0.1, 0.15) is 5.52 Å². The molecule has 1 aromatic heterocycles. The predicted octanol–water partition coefficient (Wildman–Crippen LogP) is 0.854. The molecule has 2 amide bonds. The molecule has 10 heteroatoms. The molecule has 2 aromatic rings. The van der Waals surface area contributed by atoms with Gasteiger partial charge >= 0.3 is 17.9 Å². The van der Waals surface area contributed by atoms with Gasteiger partial charge in [-0.1, -0.05) is 11.6 Å². The minimum atomic E-state index is -1.19. The number of rotatable bonds is 3. The van der Waals surface area contributed by atoms with Crippen LogP contribution in [-0.4, -0.2) is 76.3 Å².